The van der Waals surface area contributed by atoms with Crippen LogP contribution in [0.15, 0.2) is 14.1 Å². The lowest BCUT2D eigenvalue weighted by molar-refractivity contribution is 0.239. The van der Waals surface area contributed by atoms with Crippen molar-refractivity contribution in [2.24, 2.45) is 5.92 Å². The SMILES string of the molecule is CC1CCCC(N(C)S(=O)(=O)c2cc(Cl)c(Br)s2)C1. The fraction of sp³-hybridized carbons (Fsp3) is 0.667. The van der Waals surface area contributed by atoms with Crippen LogP contribution in [-0.4, -0.2) is 25.8 Å². The Labute approximate surface area is 132 Å². The third kappa shape index (κ3) is 3.35. The van der Waals surface area contributed by atoms with Crippen LogP contribution in [0.3, 0.4) is 0 Å². The Balaban J connectivity index is 2.23. The maximum Gasteiger partial charge on any atom is 0.252 e. The summed E-state index contributed by atoms with van der Waals surface area (Å²) in [7, 11) is -1.75. The lowest BCUT2D eigenvalue weighted by Crippen LogP contribution is -2.39. The van der Waals surface area contributed by atoms with Gasteiger partial charge in [-0.3, -0.25) is 0 Å². The molecular formula is C12H17BrClNO2S2. The van der Waals surface area contributed by atoms with Crippen LogP contribution in [0.4, 0.5) is 0 Å². The van der Waals surface area contributed by atoms with E-state index in [0.29, 0.717) is 18.9 Å². The van der Waals surface area contributed by atoms with E-state index in [4.69, 9.17) is 11.6 Å². The minimum Gasteiger partial charge on any atom is -0.206 e. The van der Waals surface area contributed by atoms with Gasteiger partial charge in [-0.2, -0.15) is 4.31 Å². The highest BCUT2D eigenvalue weighted by atomic mass is 79.9. The molecule has 0 spiro atoms. The van der Waals surface area contributed by atoms with Crippen molar-refractivity contribution < 1.29 is 8.42 Å². The Hall–Kier alpha value is 0.380. The maximum atomic E-state index is 12.6. The summed E-state index contributed by atoms with van der Waals surface area (Å²) in [6.45, 7) is 2.19. The lowest BCUT2D eigenvalue weighted by atomic mass is 9.87. The summed E-state index contributed by atoms with van der Waals surface area (Å²) in [5, 5.41) is 0.453. The molecule has 1 fully saturated rings. The molecule has 3 nitrogen and oxygen atoms in total. The molecule has 0 amide bonds. The number of rotatable bonds is 3. The van der Waals surface area contributed by atoms with Crippen molar-refractivity contribution in [3.8, 4) is 0 Å². The van der Waals surface area contributed by atoms with Crippen LogP contribution in [-0.2, 0) is 10.0 Å². The molecule has 0 bridgehead atoms. The molecule has 108 valence electrons. The molecule has 1 saturated carbocycles. The van der Waals surface area contributed by atoms with E-state index in [1.165, 1.54) is 28.1 Å². The molecule has 2 unspecified atom stereocenters. The predicted molar refractivity (Wildman–Crippen MR) is 83.4 cm³/mol. The standard InChI is InChI=1S/C12H17BrClNO2S2/c1-8-4-3-5-9(6-8)15(2)19(16,17)11-7-10(14)12(13)18-11/h7-9H,3-6H2,1-2H3. The van der Waals surface area contributed by atoms with E-state index in [1.807, 2.05) is 0 Å². The van der Waals surface area contributed by atoms with E-state index >= 15 is 0 Å². The van der Waals surface area contributed by atoms with Gasteiger partial charge in [0.1, 0.15) is 4.21 Å². The van der Waals surface area contributed by atoms with E-state index in [1.54, 1.807) is 7.05 Å². The third-order valence-corrected chi connectivity index (χ3v) is 8.51. The molecule has 7 heteroatoms. The summed E-state index contributed by atoms with van der Waals surface area (Å²) in [5.41, 5.74) is 0. The van der Waals surface area contributed by atoms with Crippen LogP contribution in [0.2, 0.25) is 5.02 Å². The van der Waals surface area contributed by atoms with E-state index < -0.39 is 10.0 Å². The lowest BCUT2D eigenvalue weighted by Gasteiger charge is -2.33. The van der Waals surface area contributed by atoms with Gasteiger partial charge >= 0.3 is 0 Å². The zero-order valence-electron chi connectivity index (χ0n) is 10.9. The zero-order chi connectivity index (χ0) is 14.2. The summed E-state index contributed by atoms with van der Waals surface area (Å²) in [5.74, 6) is 0.593. The first-order chi connectivity index (χ1) is 8.82. The third-order valence-electron chi connectivity index (χ3n) is 3.68. The second kappa shape index (κ2) is 6.02. The van der Waals surface area contributed by atoms with Crippen molar-refractivity contribution in [3.63, 3.8) is 0 Å². The summed E-state index contributed by atoms with van der Waals surface area (Å²) >= 11 is 10.4. The second-order valence-electron chi connectivity index (χ2n) is 5.13. The van der Waals surface area contributed by atoms with Crippen LogP contribution < -0.4 is 0 Å². The highest BCUT2D eigenvalue weighted by Gasteiger charge is 2.32. The van der Waals surface area contributed by atoms with Crippen LogP contribution >= 0.6 is 38.9 Å². The zero-order valence-corrected chi connectivity index (χ0v) is 14.9. The van der Waals surface area contributed by atoms with Crippen molar-refractivity contribution >= 4 is 48.9 Å². The van der Waals surface area contributed by atoms with Crippen molar-refractivity contribution in [1.29, 1.82) is 0 Å². The van der Waals surface area contributed by atoms with Gasteiger partial charge in [-0.1, -0.05) is 31.4 Å². The first kappa shape index (κ1) is 15.8. The first-order valence-electron chi connectivity index (χ1n) is 6.25. The molecule has 0 N–H and O–H groups in total. The number of thiophene rings is 1. The van der Waals surface area contributed by atoms with Gasteiger partial charge in [0, 0.05) is 13.1 Å². The fourth-order valence-corrected chi connectivity index (χ4v) is 6.51. The van der Waals surface area contributed by atoms with Gasteiger partial charge in [0.25, 0.3) is 10.0 Å². The molecule has 1 aliphatic carbocycles. The average Bonchev–Trinajstić information content (AvgIpc) is 2.69. The molecule has 0 radical (unpaired) electrons. The molecule has 0 aromatic carbocycles. The monoisotopic (exact) mass is 385 g/mol. The fourth-order valence-electron chi connectivity index (χ4n) is 2.52. The van der Waals surface area contributed by atoms with Crippen LogP contribution in [0.25, 0.3) is 0 Å². The van der Waals surface area contributed by atoms with Crippen molar-refractivity contribution in [2.75, 3.05) is 7.05 Å². The summed E-state index contributed by atoms with van der Waals surface area (Å²) in [6.07, 6.45) is 4.18. The van der Waals surface area contributed by atoms with Crippen LogP contribution in [0, 0.1) is 5.92 Å². The molecule has 0 saturated heterocycles. The van der Waals surface area contributed by atoms with E-state index in [0.717, 1.165) is 19.3 Å². The van der Waals surface area contributed by atoms with Crippen LogP contribution in [0.1, 0.15) is 32.6 Å². The Bertz CT molecular complexity index is 539. The van der Waals surface area contributed by atoms with Gasteiger partial charge in [-0.05, 0) is 40.8 Å². The molecule has 1 aliphatic rings. The summed E-state index contributed by atoms with van der Waals surface area (Å²) in [6, 6.07) is 1.63. The van der Waals surface area contributed by atoms with Crippen molar-refractivity contribution in [2.45, 2.75) is 42.9 Å². The molecule has 2 rings (SSSR count). The Kier molecular flexibility index (Phi) is 4.99. The number of halogens is 2. The summed E-state index contributed by atoms with van der Waals surface area (Å²) in [4.78, 5) is 0. The van der Waals surface area contributed by atoms with E-state index in [-0.39, 0.29) is 6.04 Å². The van der Waals surface area contributed by atoms with Gasteiger partial charge in [-0.25, -0.2) is 8.42 Å². The largest absolute Gasteiger partial charge is 0.252 e. The molecule has 19 heavy (non-hydrogen) atoms. The minimum absolute atomic E-state index is 0.105. The van der Waals surface area contributed by atoms with Crippen LogP contribution in [0.5, 0.6) is 0 Å². The Morgan fingerprint density at radius 1 is 1.47 bits per heavy atom. The average molecular weight is 387 g/mol. The molecule has 1 aromatic heterocycles. The molecule has 1 heterocycles. The number of hydrogen-bond acceptors (Lipinski definition) is 3. The predicted octanol–water partition coefficient (Wildman–Crippen LogP) is 4.36. The topological polar surface area (TPSA) is 37.4 Å². The Morgan fingerprint density at radius 3 is 2.68 bits per heavy atom. The minimum atomic E-state index is -3.43. The second-order valence-corrected chi connectivity index (χ2v) is 10.1. The smallest absolute Gasteiger partial charge is 0.206 e. The van der Waals surface area contributed by atoms with Crippen molar-refractivity contribution in [3.05, 3.63) is 14.9 Å². The molecule has 1 aromatic rings. The quantitative estimate of drug-likeness (QED) is 0.774. The highest BCUT2D eigenvalue weighted by Crippen LogP contribution is 2.37. The number of sulfonamides is 1. The number of hydrogen-bond donors (Lipinski definition) is 0. The normalized spacial score (nSPS) is 24.9. The van der Waals surface area contributed by atoms with E-state index in [2.05, 4.69) is 22.9 Å². The maximum absolute atomic E-state index is 12.6. The van der Waals surface area contributed by atoms with Gasteiger partial charge in [0.15, 0.2) is 0 Å². The molecular weight excluding hydrogens is 370 g/mol. The number of nitrogens with zero attached hydrogens (tertiary/aromatic N) is 1. The van der Waals surface area contributed by atoms with Gasteiger partial charge in [0.2, 0.25) is 0 Å². The van der Waals surface area contributed by atoms with Gasteiger partial charge < -0.3 is 0 Å². The van der Waals surface area contributed by atoms with Gasteiger partial charge in [-0.15, -0.1) is 11.3 Å². The Morgan fingerprint density at radius 2 is 2.16 bits per heavy atom. The molecule has 2 atom stereocenters. The highest BCUT2D eigenvalue weighted by molar-refractivity contribution is 9.11. The molecule has 0 aliphatic heterocycles. The summed E-state index contributed by atoms with van der Waals surface area (Å²) < 4.78 is 27.6. The van der Waals surface area contributed by atoms with Gasteiger partial charge in [0.05, 0.1) is 8.81 Å². The first-order valence-corrected chi connectivity index (χ1v) is 9.68. The van der Waals surface area contributed by atoms with E-state index in [9.17, 15) is 8.42 Å². The van der Waals surface area contributed by atoms with Crippen molar-refractivity contribution in [1.82, 2.24) is 4.31 Å².